The third kappa shape index (κ3) is 4.20. The molecule has 1 aliphatic heterocycles. The highest BCUT2D eigenvalue weighted by Gasteiger charge is 2.36. The van der Waals surface area contributed by atoms with Gasteiger partial charge in [-0.05, 0) is 58.5 Å². The van der Waals surface area contributed by atoms with E-state index < -0.39 is 17.8 Å². The van der Waals surface area contributed by atoms with Gasteiger partial charge >= 0.3 is 6.03 Å². The molecule has 1 N–H and O–H groups in total. The Morgan fingerprint density at radius 2 is 2.11 bits per heavy atom. The highest BCUT2D eigenvalue weighted by Crippen LogP contribution is 2.24. The van der Waals surface area contributed by atoms with Gasteiger partial charge in [0.15, 0.2) is 0 Å². The van der Waals surface area contributed by atoms with Crippen LogP contribution in [0.4, 0.5) is 4.79 Å². The minimum absolute atomic E-state index is 0.0707. The monoisotopic (exact) mass is 476 g/mol. The van der Waals surface area contributed by atoms with Crippen LogP contribution in [0.1, 0.15) is 11.3 Å². The molecule has 0 atom stereocenters. The van der Waals surface area contributed by atoms with Gasteiger partial charge in [0.25, 0.3) is 11.8 Å². The standard InChI is InChI=1S/C19H13IN2O5/c1-2-7-27-16-6-5-12(10-15(16)20)9-14-17(23)21-19(25)22(18(14)24)11-13-4-3-8-26-13/h1,3-6,8-10H,7,11H2,(H,21,23,25)/b14-9+. The average molecular weight is 476 g/mol. The largest absolute Gasteiger partial charge is 0.480 e. The molecule has 1 aromatic carbocycles. The van der Waals surface area contributed by atoms with E-state index in [9.17, 15) is 14.4 Å². The number of carbonyl (C=O) groups is 3. The molecule has 7 nitrogen and oxygen atoms in total. The van der Waals surface area contributed by atoms with Gasteiger partial charge in [0.05, 0.1) is 16.4 Å². The molecule has 1 saturated heterocycles. The zero-order chi connectivity index (χ0) is 19.4. The van der Waals surface area contributed by atoms with Crippen LogP contribution in [0.2, 0.25) is 0 Å². The highest BCUT2D eigenvalue weighted by molar-refractivity contribution is 14.1. The Labute approximate surface area is 168 Å². The number of rotatable bonds is 5. The summed E-state index contributed by atoms with van der Waals surface area (Å²) < 4.78 is 11.3. The first-order valence-corrected chi connectivity index (χ1v) is 8.84. The average Bonchev–Trinajstić information content (AvgIpc) is 3.15. The number of benzene rings is 1. The fraction of sp³-hybridized carbons (Fsp3) is 0.105. The van der Waals surface area contributed by atoms with E-state index >= 15 is 0 Å². The molecular formula is C19H13IN2O5. The number of amides is 4. The van der Waals surface area contributed by atoms with Gasteiger partial charge in [-0.15, -0.1) is 6.42 Å². The topological polar surface area (TPSA) is 88.8 Å². The lowest BCUT2D eigenvalue weighted by Crippen LogP contribution is -2.53. The Morgan fingerprint density at radius 1 is 1.30 bits per heavy atom. The second-order valence-corrected chi connectivity index (χ2v) is 6.63. The number of carbonyl (C=O) groups excluding carboxylic acids is 3. The Kier molecular flexibility index (Phi) is 5.61. The second-order valence-electron chi connectivity index (χ2n) is 5.47. The minimum Gasteiger partial charge on any atom is -0.480 e. The molecule has 0 aliphatic carbocycles. The first-order chi connectivity index (χ1) is 13.0. The minimum atomic E-state index is -0.786. The van der Waals surface area contributed by atoms with Gasteiger partial charge in [-0.25, -0.2) is 4.79 Å². The van der Waals surface area contributed by atoms with Gasteiger partial charge in [-0.1, -0.05) is 12.0 Å². The molecule has 27 heavy (non-hydrogen) atoms. The number of urea groups is 1. The summed E-state index contributed by atoms with van der Waals surface area (Å²) in [7, 11) is 0. The van der Waals surface area contributed by atoms with E-state index in [1.54, 1.807) is 30.3 Å². The second kappa shape index (κ2) is 8.09. The highest BCUT2D eigenvalue weighted by atomic mass is 127. The molecule has 0 radical (unpaired) electrons. The van der Waals surface area contributed by atoms with Gasteiger partial charge in [0.2, 0.25) is 0 Å². The molecule has 3 rings (SSSR count). The number of imide groups is 2. The van der Waals surface area contributed by atoms with Crippen LogP contribution in [0.15, 0.2) is 46.6 Å². The number of hydrogen-bond donors (Lipinski definition) is 1. The number of terminal acetylenes is 1. The number of ether oxygens (including phenoxy) is 1. The van der Waals surface area contributed by atoms with Gasteiger partial charge in [-0.2, -0.15) is 0 Å². The van der Waals surface area contributed by atoms with E-state index in [4.69, 9.17) is 15.6 Å². The van der Waals surface area contributed by atoms with Crippen molar-refractivity contribution >= 4 is 46.5 Å². The number of furan rings is 1. The molecule has 136 valence electrons. The Bertz CT molecular complexity index is 972. The summed E-state index contributed by atoms with van der Waals surface area (Å²) in [6.07, 6.45) is 8.04. The predicted octanol–water partition coefficient (Wildman–Crippen LogP) is 2.56. The van der Waals surface area contributed by atoms with Crippen molar-refractivity contribution in [2.75, 3.05) is 6.61 Å². The number of nitrogens with one attached hydrogen (secondary N) is 1. The predicted molar refractivity (Wildman–Crippen MR) is 104 cm³/mol. The maximum Gasteiger partial charge on any atom is 0.331 e. The van der Waals surface area contributed by atoms with Crippen molar-refractivity contribution in [1.82, 2.24) is 10.2 Å². The van der Waals surface area contributed by atoms with Crippen molar-refractivity contribution in [2.24, 2.45) is 0 Å². The molecule has 2 heterocycles. The normalized spacial score (nSPS) is 15.6. The first-order valence-electron chi connectivity index (χ1n) is 7.76. The third-order valence-electron chi connectivity index (χ3n) is 3.66. The zero-order valence-electron chi connectivity index (χ0n) is 13.9. The maximum absolute atomic E-state index is 12.7. The van der Waals surface area contributed by atoms with E-state index in [-0.39, 0.29) is 18.7 Å². The van der Waals surface area contributed by atoms with Crippen molar-refractivity contribution in [3.63, 3.8) is 0 Å². The molecular weight excluding hydrogens is 463 g/mol. The lowest BCUT2D eigenvalue weighted by atomic mass is 10.1. The van der Waals surface area contributed by atoms with Crippen LogP contribution in [0, 0.1) is 15.9 Å². The molecule has 1 aromatic heterocycles. The maximum atomic E-state index is 12.7. The van der Waals surface area contributed by atoms with Crippen molar-refractivity contribution in [3.8, 4) is 18.1 Å². The smallest absolute Gasteiger partial charge is 0.331 e. The van der Waals surface area contributed by atoms with E-state index in [2.05, 4.69) is 33.8 Å². The van der Waals surface area contributed by atoms with Crippen molar-refractivity contribution in [2.45, 2.75) is 6.54 Å². The molecule has 1 fully saturated rings. The first kappa shape index (κ1) is 18.7. The summed E-state index contributed by atoms with van der Waals surface area (Å²) in [5.41, 5.74) is 0.465. The molecule has 0 saturated carbocycles. The molecule has 4 amide bonds. The molecule has 1 aliphatic rings. The number of halogens is 1. The van der Waals surface area contributed by atoms with E-state index in [1.807, 2.05) is 0 Å². The van der Waals surface area contributed by atoms with Crippen molar-refractivity contribution in [3.05, 3.63) is 57.1 Å². The van der Waals surface area contributed by atoms with Crippen LogP contribution in [0.3, 0.4) is 0 Å². The molecule has 0 spiro atoms. The van der Waals surface area contributed by atoms with E-state index in [0.29, 0.717) is 17.1 Å². The lowest BCUT2D eigenvalue weighted by molar-refractivity contribution is -0.130. The fourth-order valence-corrected chi connectivity index (χ4v) is 3.10. The summed E-state index contributed by atoms with van der Waals surface area (Å²) in [6.45, 7) is 0.0693. The van der Waals surface area contributed by atoms with E-state index in [1.165, 1.54) is 12.3 Å². The number of barbiturate groups is 1. The van der Waals surface area contributed by atoms with Crippen LogP contribution >= 0.6 is 22.6 Å². The molecule has 0 bridgehead atoms. The summed E-state index contributed by atoms with van der Waals surface area (Å²) in [5, 5.41) is 2.17. The zero-order valence-corrected chi connectivity index (χ0v) is 16.1. The fourth-order valence-electron chi connectivity index (χ4n) is 2.41. The van der Waals surface area contributed by atoms with Gasteiger partial charge in [-0.3, -0.25) is 19.8 Å². The summed E-state index contributed by atoms with van der Waals surface area (Å²) in [6, 6.07) is 7.63. The van der Waals surface area contributed by atoms with Gasteiger partial charge < -0.3 is 9.15 Å². The van der Waals surface area contributed by atoms with Gasteiger partial charge in [0.1, 0.15) is 23.7 Å². The Balaban J connectivity index is 1.86. The summed E-state index contributed by atoms with van der Waals surface area (Å²) in [5.74, 6) is 1.97. The van der Waals surface area contributed by atoms with Crippen molar-refractivity contribution in [1.29, 1.82) is 0 Å². The summed E-state index contributed by atoms with van der Waals surface area (Å²) >= 11 is 2.07. The van der Waals surface area contributed by atoms with Crippen LogP contribution < -0.4 is 10.1 Å². The Morgan fingerprint density at radius 3 is 2.78 bits per heavy atom. The van der Waals surface area contributed by atoms with Crippen LogP contribution in [0.5, 0.6) is 5.75 Å². The molecule has 2 aromatic rings. The SMILES string of the molecule is C#CCOc1ccc(/C=C2\C(=O)NC(=O)N(Cc3ccco3)C2=O)cc1I. The quantitative estimate of drug-likeness (QED) is 0.310. The van der Waals surface area contributed by atoms with Crippen LogP contribution in [-0.4, -0.2) is 29.4 Å². The molecule has 8 heteroatoms. The third-order valence-corrected chi connectivity index (χ3v) is 4.50. The van der Waals surface area contributed by atoms with Crippen LogP contribution in [-0.2, 0) is 16.1 Å². The lowest BCUT2D eigenvalue weighted by Gasteiger charge is -2.25. The molecule has 0 unspecified atom stereocenters. The summed E-state index contributed by atoms with van der Waals surface area (Å²) in [4.78, 5) is 37.7. The number of hydrogen-bond acceptors (Lipinski definition) is 5. The number of nitrogens with zero attached hydrogens (tertiary/aromatic N) is 1. The van der Waals surface area contributed by atoms with E-state index in [0.717, 1.165) is 8.47 Å². The Hall–Kier alpha value is -3.06. The van der Waals surface area contributed by atoms with Gasteiger partial charge in [0, 0.05) is 0 Å². The van der Waals surface area contributed by atoms with Crippen molar-refractivity contribution < 1.29 is 23.5 Å². The van der Waals surface area contributed by atoms with Crippen LogP contribution in [0.25, 0.3) is 6.08 Å².